The van der Waals surface area contributed by atoms with E-state index in [0.29, 0.717) is 6.42 Å². The Bertz CT molecular complexity index is 539. The van der Waals surface area contributed by atoms with Crippen LogP contribution in [0.25, 0.3) is 0 Å². The number of carbonyl (C=O) groups excluding carboxylic acids is 1. The summed E-state index contributed by atoms with van der Waals surface area (Å²) >= 11 is 1.46. The molecule has 0 atom stereocenters. The van der Waals surface area contributed by atoms with Crippen LogP contribution in [0.3, 0.4) is 0 Å². The maximum atomic E-state index is 11.6. The van der Waals surface area contributed by atoms with Crippen LogP contribution in [0.4, 0.5) is 10.9 Å². The van der Waals surface area contributed by atoms with Gasteiger partial charge in [0, 0.05) is 17.6 Å². The number of rotatable bonds is 5. The predicted octanol–water partition coefficient (Wildman–Crippen LogP) is 2.35. The molecule has 100 valence electrons. The van der Waals surface area contributed by atoms with Crippen molar-refractivity contribution in [3.8, 4) is 0 Å². The van der Waals surface area contributed by atoms with Gasteiger partial charge in [-0.3, -0.25) is 4.79 Å². The van der Waals surface area contributed by atoms with Gasteiger partial charge in [-0.05, 0) is 26.0 Å². The first-order chi connectivity index (χ1) is 9.13. The van der Waals surface area contributed by atoms with E-state index >= 15 is 0 Å². The number of hydrogen-bond donors (Lipinski definition) is 2. The van der Waals surface area contributed by atoms with Crippen molar-refractivity contribution in [3.05, 3.63) is 35.5 Å². The summed E-state index contributed by atoms with van der Waals surface area (Å²) in [5.74, 6) is 0.736. The second-order valence-corrected chi connectivity index (χ2v) is 5.24. The van der Waals surface area contributed by atoms with E-state index in [4.69, 9.17) is 0 Å². The number of pyridine rings is 1. The molecule has 0 aliphatic carbocycles. The van der Waals surface area contributed by atoms with E-state index < -0.39 is 0 Å². The lowest BCUT2D eigenvalue weighted by atomic mass is 10.3. The van der Waals surface area contributed by atoms with Gasteiger partial charge in [0.1, 0.15) is 5.82 Å². The summed E-state index contributed by atoms with van der Waals surface area (Å²) in [7, 11) is 0. The maximum Gasteiger partial charge on any atom is 0.226 e. The van der Waals surface area contributed by atoms with Crippen molar-refractivity contribution in [3.63, 3.8) is 0 Å². The number of nitrogens with zero attached hydrogens (tertiary/aromatic N) is 2. The first-order valence-corrected chi connectivity index (χ1v) is 6.93. The molecular weight excluding hydrogens is 260 g/mol. The zero-order valence-corrected chi connectivity index (χ0v) is 11.7. The summed E-state index contributed by atoms with van der Waals surface area (Å²) in [5, 5.41) is 8.57. The fraction of sp³-hybridized carbons (Fsp3) is 0.308. The monoisotopic (exact) mass is 276 g/mol. The van der Waals surface area contributed by atoms with Crippen LogP contribution in [-0.2, 0) is 11.2 Å². The van der Waals surface area contributed by atoms with E-state index in [-0.39, 0.29) is 11.9 Å². The average molecular weight is 276 g/mol. The highest BCUT2D eigenvalue weighted by Crippen LogP contribution is 2.19. The molecule has 0 aliphatic heterocycles. The van der Waals surface area contributed by atoms with Crippen LogP contribution in [0.2, 0.25) is 0 Å². The summed E-state index contributed by atoms with van der Waals surface area (Å²) in [6.07, 6.45) is 2.02. The van der Waals surface area contributed by atoms with Crippen LogP contribution in [0.5, 0.6) is 0 Å². The molecular formula is C13H16N4OS. The lowest BCUT2D eigenvalue weighted by Crippen LogP contribution is -2.31. The maximum absolute atomic E-state index is 11.6. The molecule has 2 heterocycles. The lowest BCUT2D eigenvalue weighted by Gasteiger charge is -2.06. The highest BCUT2D eigenvalue weighted by atomic mass is 32.1. The van der Waals surface area contributed by atoms with Crippen molar-refractivity contribution in [1.82, 2.24) is 15.3 Å². The number of carbonyl (C=O) groups is 1. The Morgan fingerprint density at radius 3 is 2.95 bits per heavy atom. The molecule has 2 N–H and O–H groups in total. The minimum atomic E-state index is -0.00955. The van der Waals surface area contributed by atoms with Gasteiger partial charge in [-0.1, -0.05) is 6.07 Å². The first kappa shape index (κ1) is 13.5. The normalized spacial score (nSPS) is 10.5. The van der Waals surface area contributed by atoms with Gasteiger partial charge in [-0.25, -0.2) is 9.97 Å². The van der Waals surface area contributed by atoms with Crippen molar-refractivity contribution in [2.75, 3.05) is 5.32 Å². The van der Waals surface area contributed by atoms with E-state index in [9.17, 15) is 4.79 Å². The fourth-order valence-corrected chi connectivity index (χ4v) is 2.25. The summed E-state index contributed by atoms with van der Waals surface area (Å²) in [5.41, 5.74) is 0.765. The van der Waals surface area contributed by atoms with Crippen molar-refractivity contribution in [2.24, 2.45) is 0 Å². The van der Waals surface area contributed by atoms with Crippen LogP contribution < -0.4 is 10.6 Å². The Hall–Kier alpha value is -1.95. The molecule has 0 fully saturated rings. The molecule has 0 unspecified atom stereocenters. The first-order valence-electron chi connectivity index (χ1n) is 6.05. The molecule has 2 rings (SSSR count). The topological polar surface area (TPSA) is 66.9 Å². The standard InChI is InChI=1S/C13H16N4OS/c1-9(2)15-12(18)7-10-8-19-13(16-10)17-11-5-3-4-6-14-11/h3-6,8-9H,7H2,1-2H3,(H,15,18)(H,14,16,17). The summed E-state index contributed by atoms with van der Waals surface area (Å²) < 4.78 is 0. The number of nitrogens with one attached hydrogen (secondary N) is 2. The van der Waals surface area contributed by atoms with Crippen LogP contribution in [0.1, 0.15) is 19.5 Å². The van der Waals surface area contributed by atoms with Crippen molar-refractivity contribution >= 4 is 28.2 Å². The lowest BCUT2D eigenvalue weighted by molar-refractivity contribution is -0.120. The molecule has 0 spiro atoms. The van der Waals surface area contributed by atoms with Crippen LogP contribution in [0, 0.1) is 0 Å². The van der Waals surface area contributed by atoms with Gasteiger partial charge in [-0.2, -0.15) is 0 Å². The molecule has 0 aliphatic rings. The van der Waals surface area contributed by atoms with Gasteiger partial charge < -0.3 is 10.6 Å². The summed E-state index contributed by atoms with van der Waals surface area (Å²) in [6.45, 7) is 3.88. The highest BCUT2D eigenvalue weighted by Gasteiger charge is 2.08. The Labute approximate surface area is 116 Å². The molecule has 0 radical (unpaired) electrons. The van der Waals surface area contributed by atoms with E-state index in [1.807, 2.05) is 37.4 Å². The number of thiazole rings is 1. The second-order valence-electron chi connectivity index (χ2n) is 4.38. The van der Waals surface area contributed by atoms with Gasteiger partial charge in [0.25, 0.3) is 0 Å². The number of aromatic nitrogens is 2. The number of hydrogen-bond acceptors (Lipinski definition) is 5. The molecule has 5 nitrogen and oxygen atoms in total. The van der Waals surface area contributed by atoms with Crippen molar-refractivity contribution < 1.29 is 4.79 Å². The predicted molar refractivity (Wildman–Crippen MR) is 76.6 cm³/mol. The fourth-order valence-electron chi connectivity index (χ4n) is 1.53. The smallest absolute Gasteiger partial charge is 0.226 e. The minimum Gasteiger partial charge on any atom is -0.354 e. The second kappa shape index (κ2) is 6.29. The molecule has 2 aromatic heterocycles. The number of amides is 1. The molecule has 0 saturated carbocycles. The van der Waals surface area contributed by atoms with Gasteiger partial charge in [-0.15, -0.1) is 11.3 Å². The van der Waals surface area contributed by atoms with E-state index in [1.165, 1.54) is 11.3 Å². The third-order valence-electron chi connectivity index (χ3n) is 2.24. The van der Waals surface area contributed by atoms with Crippen molar-refractivity contribution in [1.29, 1.82) is 0 Å². The van der Waals surface area contributed by atoms with E-state index in [2.05, 4.69) is 20.6 Å². The van der Waals surface area contributed by atoms with Crippen molar-refractivity contribution in [2.45, 2.75) is 26.3 Å². The van der Waals surface area contributed by atoms with Gasteiger partial charge in [0.05, 0.1) is 12.1 Å². The number of anilines is 2. The average Bonchev–Trinajstić information content (AvgIpc) is 2.76. The largest absolute Gasteiger partial charge is 0.354 e. The molecule has 19 heavy (non-hydrogen) atoms. The van der Waals surface area contributed by atoms with Crippen LogP contribution >= 0.6 is 11.3 Å². The Morgan fingerprint density at radius 2 is 2.26 bits per heavy atom. The summed E-state index contributed by atoms with van der Waals surface area (Å²) in [6, 6.07) is 5.78. The van der Waals surface area contributed by atoms with E-state index in [1.54, 1.807) is 6.20 Å². The zero-order valence-electron chi connectivity index (χ0n) is 10.9. The SMILES string of the molecule is CC(C)NC(=O)Cc1csc(Nc2ccccn2)n1. The molecule has 6 heteroatoms. The Morgan fingerprint density at radius 1 is 1.42 bits per heavy atom. The molecule has 0 saturated heterocycles. The third-order valence-corrected chi connectivity index (χ3v) is 3.05. The minimum absolute atomic E-state index is 0.00955. The zero-order chi connectivity index (χ0) is 13.7. The van der Waals surface area contributed by atoms with Gasteiger partial charge in [0.15, 0.2) is 5.13 Å². The third kappa shape index (κ3) is 4.33. The van der Waals surface area contributed by atoms with Gasteiger partial charge >= 0.3 is 0 Å². The van der Waals surface area contributed by atoms with Gasteiger partial charge in [0.2, 0.25) is 5.91 Å². The summed E-state index contributed by atoms with van der Waals surface area (Å²) in [4.78, 5) is 20.1. The Balaban J connectivity index is 1.94. The molecule has 0 bridgehead atoms. The molecule has 1 amide bonds. The van der Waals surface area contributed by atoms with Crippen LogP contribution in [-0.4, -0.2) is 21.9 Å². The highest BCUT2D eigenvalue weighted by molar-refractivity contribution is 7.13. The quantitative estimate of drug-likeness (QED) is 0.879. The van der Waals surface area contributed by atoms with E-state index in [0.717, 1.165) is 16.6 Å². The Kier molecular flexibility index (Phi) is 4.46. The van der Waals surface area contributed by atoms with Crippen LogP contribution in [0.15, 0.2) is 29.8 Å². The molecule has 0 aromatic carbocycles. The molecule has 2 aromatic rings.